The van der Waals surface area contributed by atoms with Crippen molar-refractivity contribution < 1.29 is 4.92 Å². The summed E-state index contributed by atoms with van der Waals surface area (Å²) in [6.45, 7) is 1.80. The Kier molecular flexibility index (Phi) is 3.86. The van der Waals surface area contributed by atoms with Gasteiger partial charge in [0, 0.05) is 38.6 Å². The molecule has 22 heavy (non-hydrogen) atoms. The van der Waals surface area contributed by atoms with E-state index in [1.165, 1.54) is 12.4 Å². The number of aryl methyl sites for hydroxylation is 1. The van der Waals surface area contributed by atoms with Crippen LogP contribution in [0.25, 0.3) is 0 Å². The summed E-state index contributed by atoms with van der Waals surface area (Å²) in [5.74, 6) is 1.41. The first kappa shape index (κ1) is 14.2. The lowest BCUT2D eigenvalue weighted by Crippen LogP contribution is -2.40. The molecule has 0 saturated carbocycles. The predicted octanol–water partition coefficient (Wildman–Crippen LogP) is 1.20. The Hall–Kier alpha value is -2.71. The molecule has 2 aromatic rings. The van der Waals surface area contributed by atoms with Crippen LogP contribution in [-0.2, 0) is 7.05 Å². The first-order chi connectivity index (χ1) is 10.6. The third-order valence-electron chi connectivity index (χ3n) is 3.76. The van der Waals surface area contributed by atoms with E-state index in [2.05, 4.69) is 25.2 Å². The monoisotopic (exact) mass is 303 g/mol. The molecule has 0 spiro atoms. The van der Waals surface area contributed by atoms with Gasteiger partial charge in [-0.25, -0.2) is 15.0 Å². The van der Waals surface area contributed by atoms with Crippen LogP contribution in [0, 0.1) is 10.1 Å². The van der Waals surface area contributed by atoms with Gasteiger partial charge in [0.15, 0.2) is 0 Å². The fourth-order valence-corrected chi connectivity index (χ4v) is 2.56. The van der Waals surface area contributed by atoms with Crippen LogP contribution in [-0.4, -0.2) is 43.6 Å². The minimum Gasteiger partial charge on any atom is -0.351 e. The average Bonchev–Trinajstić information content (AvgIpc) is 2.95. The van der Waals surface area contributed by atoms with E-state index in [1.54, 1.807) is 6.20 Å². The van der Waals surface area contributed by atoms with E-state index in [0.717, 1.165) is 31.9 Å². The zero-order chi connectivity index (χ0) is 15.5. The molecule has 1 saturated heterocycles. The van der Waals surface area contributed by atoms with E-state index in [1.807, 2.05) is 17.8 Å². The van der Waals surface area contributed by atoms with Crippen molar-refractivity contribution in [2.45, 2.75) is 18.9 Å². The van der Waals surface area contributed by atoms with E-state index < -0.39 is 4.92 Å². The second-order valence-electron chi connectivity index (χ2n) is 5.27. The van der Waals surface area contributed by atoms with Crippen molar-refractivity contribution in [3.63, 3.8) is 0 Å². The van der Waals surface area contributed by atoms with Crippen molar-refractivity contribution in [2.24, 2.45) is 7.05 Å². The molecule has 0 aromatic carbocycles. The first-order valence-electron chi connectivity index (χ1n) is 7.09. The summed E-state index contributed by atoms with van der Waals surface area (Å²) in [4.78, 5) is 24.6. The highest BCUT2D eigenvalue weighted by Gasteiger charge is 2.22. The van der Waals surface area contributed by atoms with Crippen LogP contribution in [0.2, 0.25) is 0 Å². The van der Waals surface area contributed by atoms with Gasteiger partial charge in [-0.1, -0.05) is 0 Å². The number of aromatic nitrogens is 4. The number of anilines is 2. The Morgan fingerprint density at radius 1 is 1.27 bits per heavy atom. The zero-order valence-electron chi connectivity index (χ0n) is 12.2. The first-order valence-corrected chi connectivity index (χ1v) is 7.09. The Morgan fingerprint density at radius 2 is 1.95 bits per heavy atom. The minimum atomic E-state index is -0.505. The fraction of sp³-hybridized carbons (Fsp3) is 0.462. The maximum Gasteiger partial charge on any atom is 0.305 e. The van der Waals surface area contributed by atoms with Crippen LogP contribution in [0.3, 0.4) is 0 Å². The molecule has 9 nitrogen and oxygen atoms in total. The van der Waals surface area contributed by atoms with Crippen LogP contribution >= 0.6 is 0 Å². The molecule has 116 valence electrons. The van der Waals surface area contributed by atoms with Gasteiger partial charge in [0.2, 0.25) is 11.9 Å². The lowest BCUT2D eigenvalue weighted by molar-refractivity contribution is -0.385. The molecule has 2 aromatic heterocycles. The standard InChI is InChI=1S/C13H17N7O2/c1-18-7-4-14-13(18)19-5-2-10(3-6-19)17-12-15-8-11(9-16-12)20(21)22/h4,7-10H,2-3,5-6H2,1H3,(H,15,16,17). The highest BCUT2D eigenvalue weighted by atomic mass is 16.6. The summed E-state index contributed by atoms with van der Waals surface area (Å²) < 4.78 is 2.01. The number of hydrogen-bond acceptors (Lipinski definition) is 7. The zero-order valence-corrected chi connectivity index (χ0v) is 12.2. The van der Waals surface area contributed by atoms with E-state index in [4.69, 9.17) is 0 Å². The van der Waals surface area contributed by atoms with Crippen molar-refractivity contribution in [1.29, 1.82) is 0 Å². The third-order valence-corrected chi connectivity index (χ3v) is 3.76. The van der Waals surface area contributed by atoms with E-state index in [9.17, 15) is 10.1 Å². The molecule has 0 aliphatic carbocycles. The molecule has 0 bridgehead atoms. The van der Waals surface area contributed by atoms with Crippen molar-refractivity contribution in [3.8, 4) is 0 Å². The summed E-state index contributed by atoms with van der Waals surface area (Å²) in [5, 5.41) is 13.8. The van der Waals surface area contributed by atoms with Crippen molar-refractivity contribution >= 4 is 17.6 Å². The maximum absolute atomic E-state index is 10.6. The molecule has 0 amide bonds. The molecule has 0 atom stereocenters. The molecule has 9 heteroatoms. The van der Waals surface area contributed by atoms with Gasteiger partial charge in [0.05, 0.1) is 4.92 Å². The summed E-state index contributed by atoms with van der Waals surface area (Å²) in [6, 6.07) is 0.262. The molecule has 0 unspecified atom stereocenters. The van der Waals surface area contributed by atoms with Gasteiger partial charge >= 0.3 is 5.69 Å². The number of nitrogens with zero attached hydrogens (tertiary/aromatic N) is 6. The SMILES string of the molecule is Cn1ccnc1N1CCC(Nc2ncc([N+](=O)[O-])cn2)CC1. The quantitative estimate of drug-likeness (QED) is 0.668. The van der Waals surface area contributed by atoms with Crippen LogP contribution in [0.15, 0.2) is 24.8 Å². The lowest BCUT2D eigenvalue weighted by Gasteiger charge is -2.32. The second kappa shape index (κ2) is 5.96. The molecule has 3 rings (SSSR count). The largest absolute Gasteiger partial charge is 0.351 e. The highest BCUT2D eigenvalue weighted by molar-refractivity contribution is 5.35. The summed E-state index contributed by atoms with van der Waals surface area (Å²) in [7, 11) is 1.98. The Balaban J connectivity index is 1.55. The van der Waals surface area contributed by atoms with Crippen LogP contribution in [0.5, 0.6) is 0 Å². The van der Waals surface area contributed by atoms with Crippen LogP contribution in [0.1, 0.15) is 12.8 Å². The van der Waals surface area contributed by atoms with Gasteiger partial charge in [-0.2, -0.15) is 0 Å². The number of hydrogen-bond donors (Lipinski definition) is 1. The predicted molar refractivity (Wildman–Crippen MR) is 80.8 cm³/mol. The Labute approximate surface area is 127 Å². The van der Waals surface area contributed by atoms with Gasteiger partial charge in [-0.05, 0) is 12.8 Å². The second-order valence-corrected chi connectivity index (χ2v) is 5.27. The molecule has 1 aliphatic rings. The van der Waals surface area contributed by atoms with Crippen molar-refractivity contribution in [1.82, 2.24) is 19.5 Å². The third kappa shape index (κ3) is 2.97. The fourth-order valence-electron chi connectivity index (χ4n) is 2.56. The molecular formula is C13H17N7O2. The molecule has 3 heterocycles. The summed E-state index contributed by atoms with van der Waals surface area (Å²) in [6.07, 6.45) is 8.05. The smallest absolute Gasteiger partial charge is 0.305 e. The topological polar surface area (TPSA) is 102 Å². The number of imidazole rings is 1. The van der Waals surface area contributed by atoms with E-state index in [0.29, 0.717) is 5.95 Å². The van der Waals surface area contributed by atoms with Gasteiger partial charge in [-0.15, -0.1) is 0 Å². The van der Waals surface area contributed by atoms with E-state index in [-0.39, 0.29) is 11.7 Å². The lowest BCUT2D eigenvalue weighted by atomic mass is 10.1. The number of nitro groups is 1. The van der Waals surface area contributed by atoms with Crippen molar-refractivity contribution in [3.05, 3.63) is 34.9 Å². The normalized spacial score (nSPS) is 15.8. The van der Waals surface area contributed by atoms with Gasteiger partial charge in [0.25, 0.3) is 0 Å². The van der Waals surface area contributed by atoms with Crippen LogP contribution in [0.4, 0.5) is 17.6 Å². The minimum absolute atomic E-state index is 0.102. The number of nitrogens with one attached hydrogen (secondary N) is 1. The molecule has 0 radical (unpaired) electrons. The van der Waals surface area contributed by atoms with Gasteiger partial charge in [-0.3, -0.25) is 10.1 Å². The summed E-state index contributed by atoms with van der Waals surface area (Å²) in [5.41, 5.74) is -0.102. The van der Waals surface area contributed by atoms with Crippen LogP contribution < -0.4 is 10.2 Å². The molecule has 1 fully saturated rings. The summed E-state index contributed by atoms with van der Waals surface area (Å²) >= 11 is 0. The average molecular weight is 303 g/mol. The number of rotatable bonds is 4. The van der Waals surface area contributed by atoms with E-state index >= 15 is 0 Å². The van der Waals surface area contributed by atoms with Gasteiger partial charge in [0.1, 0.15) is 12.4 Å². The molecule has 1 aliphatic heterocycles. The molecule has 1 N–H and O–H groups in total. The number of piperidine rings is 1. The Morgan fingerprint density at radius 3 is 2.50 bits per heavy atom. The highest BCUT2D eigenvalue weighted by Crippen LogP contribution is 2.19. The maximum atomic E-state index is 10.6. The van der Waals surface area contributed by atoms with Gasteiger partial charge < -0.3 is 14.8 Å². The Bertz CT molecular complexity index is 647. The molecular weight excluding hydrogens is 286 g/mol. The van der Waals surface area contributed by atoms with Crippen molar-refractivity contribution in [2.75, 3.05) is 23.3 Å².